The Hall–Kier alpha value is -0.900. The molecule has 0 unspecified atom stereocenters. The van der Waals surface area contributed by atoms with E-state index in [-0.39, 0.29) is 5.92 Å². The van der Waals surface area contributed by atoms with Crippen LogP contribution in [0.25, 0.3) is 0 Å². The molecule has 16 heavy (non-hydrogen) atoms. The molecule has 0 bridgehead atoms. The van der Waals surface area contributed by atoms with Crippen LogP contribution in [0.4, 0.5) is 0 Å². The van der Waals surface area contributed by atoms with Crippen LogP contribution in [0, 0.1) is 0 Å². The summed E-state index contributed by atoms with van der Waals surface area (Å²) in [5.74, 6) is -0.753. The van der Waals surface area contributed by atoms with E-state index in [9.17, 15) is 0 Å². The third-order valence-corrected chi connectivity index (χ3v) is 3.50. The lowest BCUT2D eigenvalue weighted by molar-refractivity contribution is -0.412. The molecule has 1 fully saturated rings. The average Bonchev–Trinajstić information content (AvgIpc) is 2.39. The molecule has 1 N–H and O–H groups in total. The largest absolute Gasteiger partial charge is 0.350 e. The molecule has 1 aliphatic carbocycles. The molecule has 0 radical (unpaired) electrons. The van der Waals surface area contributed by atoms with Crippen molar-refractivity contribution in [2.75, 3.05) is 7.11 Å². The Morgan fingerprint density at radius 2 is 2.00 bits per heavy atom. The van der Waals surface area contributed by atoms with Crippen molar-refractivity contribution >= 4 is 0 Å². The highest BCUT2D eigenvalue weighted by Crippen LogP contribution is 2.43. The molecule has 0 aliphatic heterocycles. The summed E-state index contributed by atoms with van der Waals surface area (Å²) >= 11 is 0. The first-order valence-corrected chi connectivity index (χ1v) is 5.75. The Bertz CT molecular complexity index is 319. The smallest absolute Gasteiger partial charge is 0.207 e. The minimum atomic E-state index is -0.862. The zero-order valence-electron chi connectivity index (χ0n) is 9.56. The van der Waals surface area contributed by atoms with E-state index < -0.39 is 5.79 Å². The van der Waals surface area contributed by atoms with E-state index in [2.05, 4.69) is 17.0 Å². The van der Waals surface area contributed by atoms with Crippen LogP contribution in [0.15, 0.2) is 30.3 Å². The maximum absolute atomic E-state index is 9.15. The van der Waals surface area contributed by atoms with Crippen LogP contribution < -0.4 is 0 Å². The highest BCUT2D eigenvalue weighted by atomic mass is 17.1. The van der Waals surface area contributed by atoms with E-state index >= 15 is 0 Å². The molecule has 0 aromatic heterocycles. The first-order valence-electron chi connectivity index (χ1n) is 5.75. The number of hydrogen-bond donors (Lipinski definition) is 1. The van der Waals surface area contributed by atoms with Crippen LogP contribution in [-0.4, -0.2) is 18.2 Å². The van der Waals surface area contributed by atoms with Gasteiger partial charge in [0.1, 0.15) is 0 Å². The lowest BCUT2D eigenvalue weighted by Crippen LogP contribution is -2.43. The second-order valence-electron chi connectivity index (χ2n) is 4.32. The van der Waals surface area contributed by atoms with Crippen LogP contribution in [0.5, 0.6) is 0 Å². The molecule has 2 atom stereocenters. The first-order chi connectivity index (χ1) is 7.82. The highest BCUT2D eigenvalue weighted by molar-refractivity contribution is 5.22. The minimum Gasteiger partial charge on any atom is -0.350 e. The molecule has 88 valence electrons. The van der Waals surface area contributed by atoms with Gasteiger partial charge in [0.25, 0.3) is 0 Å². The third kappa shape index (κ3) is 1.98. The van der Waals surface area contributed by atoms with E-state index in [0.717, 1.165) is 31.2 Å². The van der Waals surface area contributed by atoms with Gasteiger partial charge in [0.2, 0.25) is 5.79 Å². The highest BCUT2D eigenvalue weighted by Gasteiger charge is 2.43. The van der Waals surface area contributed by atoms with Crippen molar-refractivity contribution < 1.29 is 14.9 Å². The van der Waals surface area contributed by atoms with Gasteiger partial charge in [-0.3, -0.25) is 0 Å². The Labute approximate surface area is 95.9 Å². The van der Waals surface area contributed by atoms with Crippen molar-refractivity contribution in [2.24, 2.45) is 0 Å². The summed E-state index contributed by atoms with van der Waals surface area (Å²) in [5, 5.41) is 9.15. The molecule has 2 rings (SSSR count). The molecule has 3 heteroatoms. The van der Waals surface area contributed by atoms with E-state index in [1.807, 2.05) is 18.2 Å². The molecule has 1 aromatic rings. The summed E-state index contributed by atoms with van der Waals surface area (Å²) in [6.07, 6.45) is 3.89. The molecule has 0 spiro atoms. The maximum Gasteiger partial charge on any atom is 0.207 e. The number of rotatable bonds is 3. The van der Waals surface area contributed by atoms with Gasteiger partial charge in [-0.25, -0.2) is 10.1 Å². The molecule has 0 heterocycles. The van der Waals surface area contributed by atoms with E-state index in [1.165, 1.54) is 0 Å². The zero-order valence-corrected chi connectivity index (χ0v) is 9.56. The monoisotopic (exact) mass is 222 g/mol. The molecule has 0 amide bonds. The number of hydrogen-bond acceptors (Lipinski definition) is 3. The summed E-state index contributed by atoms with van der Waals surface area (Å²) in [5.41, 5.74) is 1.16. The van der Waals surface area contributed by atoms with Gasteiger partial charge in [-0.15, -0.1) is 0 Å². The molecular formula is C13H18O3. The maximum atomic E-state index is 9.15. The Morgan fingerprint density at radius 1 is 1.25 bits per heavy atom. The van der Waals surface area contributed by atoms with E-state index in [4.69, 9.17) is 9.99 Å². The van der Waals surface area contributed by atoms with Crippen LogP contribution in [-0.2, 0) is 9.62 Å². The second kappa shape index (κ2) is 4.95. The Balaban J connectivity index is 2.29. The molecule has 0 saturated heterocycles. The summed E-state index contributed by atoms with van der Waals surface area (Å²) in [6.45, 7) is 0. The van der Waals surface area contributed by atoms with Gasteiger partial charge in [-0.1, -0.05) is 36.8 Å². The first kappa shape index (κ1) is 11.6. The van der Waals surface area contributed by atoms with Gasteiger partial charge in [0.15, 0.2) is 0 Å². The lowest BCUT2D eigenvalue weighted by atomic mass is 9.79. The van der Waals surface area contributed by atoms with Crippen LogP contribution in [0.3, 0.4) is 0 Å². The van der Waals surface area contributed by atoms with Crippen LogP contribution in [0.2, 0.25) is 0 Å². The van der Waals surface area contributed by atoms with E-state index in [0.29, 0.717) is 0 Å². The van der Waals surface area contributed by atoms with Gasteiger partial charge >= 0.3 is 0 Å². The quantitative estimate of drug-likeness (QED) is 0.485. The van der Waals surface area contributed by atoms with Gasteiger partial charge < -0.3 is 4.74 Å². The van der Waals surface area contributed by atoms with Gasteiger partial charge in [0, 0.05) is 19.4 Å². The summed E-state index contributed by atoms with van der Waals surface area (Å²) in [6, 6.07) is 10.1. The summed E-state index contributed by atoms with van der Waals surface area (Å²) < 4.78 is 5.42. The lowest BCUT2D eigenvalue weighted by Gasteiger charge is -2.40. The van der Waals surface area contributed by atoms with Crippen molar-refractivity contribution in [3.63, 3.8) is 0 Å². The predicted octanol–water partition coefficient (Wildman–Crippen LogP) is 3.18. The SMILES string of the molecule is CO[C@]1(OO)CCCC[C@H]1c1ccccc1. The predicted molar refractivity (Wildman–Crippen MR) is 61.1 cm³/mol. The van der Waals surface area contributed by atoms with Gasteiger partial charge in [0.05, 0.1) is 0 Å². The summed E-state index contributed by atoms with van der Waals surface area (Å²) in [4.78, 5) is 4.67. The number of ether oxygens (including phenoxy) is 1. The van der Waals surface area contributed by atoms with Gasteiger partial charge in [-0.2, -0.15) is 0 Å². The fraction of sp³-hybridized carbons (Fsp3) is 0.538. The van der Waals surface area contributed by atoms with Crippen molar-refractivity contribution in [2.45, 2.75) is 37.4 Å². The average molecular weight is 222 g/mol. The fourth-order valence-corrected chi connectivity index (χ4v) is 2.61. The Kier molecular flexibility index (Phi) is 3.59. The topological polar surface area (TPSA) is 38.7 Å². The van der Waals surface area contributed by atoms with Crippen molar-refractivity contribution in [3.8, 4) is 0 Å². The Morgan fingerprint density at radius 3 is 2.62 bits per heavy atom. The van der Waals surface area contributed by atoms with Crippen molar-refractivity contribution in [1.82, 2.24) is 0 Å². The molecule has 1 aliphatic rings. The van der Waals surface area contributed by atoms with E-state index in [1.54, 1.807) is 7.11 Å². The second-order valence-corrected chi connectivity index (χ2v) is 4.32. The zero-order chi connectivity index (χ0) is 11.4. The van der Waals surface area contributed by atoms with Crippen LogP contribution >= 0.6 is 0 Å². The standard InChI is InChI=1S/C13H18O3/c1-15-13(16-14)10-6-5-9-12(13)11-7-3-2-4-8-11/h2-4,7-8,12,14H,5-6,9-10H2,1H3/t12-,13-/m0/s1. The fourth-order valence-electron chi connectivity index (χ4n) is 2.61. The normalized spacial score (nSPS) is 30.2. The number of methoxy groups -OCH3 is 1. The molecule has 1 saturated carbocycles. The molecule has 3 nitrogen and oxygen atoms in total. The van der Waals surface area contributed by atoms with Crippen LogP contribution in [0.1, 0.15) is 37.2 Å². The van der Waals surface area contributed by atoms with Crippen molar-refractivity contribution in [1.29, 1.82) is 0 Å². The molecular weight excluding hydrogens is 204 g/mol. The molecule has 1 aromatic carbocycles. The van der Waals surface area contributed by atoms with Gasteiger partial charge in [-0.05, 0) is 18.4 Å². The summed E-state index contributed by atoms with van der Waals surface area (Å²) in [7, 11) is 1.59. The van der Waals surface area contributed by atoms with Crippen molar-refractivity contribution in [3.05, 3.63) is 35.9 Å². The third-order valence-electron chi connectivity index (χ3n) is 3.50. The minimum absolute atomic E-state index is 0.109. The number of benzene rings is 1.